The van der Waals surface area contributed by atoms with E-state index >= 15 is 0 Å². The van der Waals surface area contributed by atoms with Gasteiger partial charge >= 0.3 is 0 Å². The molecular weight excluding hydrogens is 435 g/mol. The molecule has 4 rings (SSSR count). The number of hydrogen-bond acceptors (Lipinski definition) is 6. The zero-order valence-corrected chi connectivity index (χ0v) is 18.9. The van der Waals surface area contributed by atoms with Crippen molar-refractivity contribution in [2.75, 3.05) is 25.2 Å². The van der Waals surface area contributed by atoms with Crippen molar-refractivity contribution in [3.05, 3.63) is 47.4 Å². The molecule has 1 N–H and O–H groups in total. The topological polar surface area (TPSA) is 103 Å². The van der Waals surface area contributed by atoms with E-state index in [4.69, 9.17) is 9.72 Å². The van der Waals surface area contributed by atoms with Crippen LogP contribution >= 0.6 is 0 Å². The van der Waals surface area contributed by atoms with E-state index in [-0.39, 0.29) is 35.3 Å². The van der Waals surface area contributed by atoms with Crippen molar-refractivity contribution in [3.8, 4) is 11.3 Å². The standard InChI is InChI=1S/C22H25FN4O4S/c1-13(11-31-3)24-22(28)18-10-19(15-4-6-16(23)7-5-15)25-21-20(18)14(2)26-27(21)17-8-9-32(29,30)12-17/h4-7,10,13,17H,8-9,11-12H2,1-3H3,(H,24,28)/t13-,17-/m1/s1. The first kappa shape index (κ1) is 22.3. The van der Waals surface area contributed by atoms with Gasteiger partial charge in [0.15, 0.2) is 15.5 Å². The van der Waals surface area contributed by atoms with Gasteiger partial charge in [-0.3, -0.25) is 4.79 Å². The molecule has 0 saturated carbocycles. The number of nitrogens with one attached hydrogen (secondary N) is 1. The molecule has 1 aliphatic rings. The molecule has 1 aromatic carbocycles. The van der Waals surface area contributed by atoms with Crippen LogP contribution in [-0.2, 0) is 14.6 Å². The van der Waals surface area contributed by atoms with Gasteiger partial charge in [-0.15, -0.1) is 0 Å². The maximum absolute atomic E-state index is 13.5. The maximum Gasteiger partial charge on any atom is 0.252 e. The van der Waals surface area contributed by atoms with Gasteiger partial charge < -0.3 is 10.1 Å². The molecule has 3 aromatic rings. The van der Waals surface area contributed by atoms with Crippen molar-refractivity contribution in [3.63, 3.8) is 0 Å². The summed E-state index contributed by atoms with van der Waals surface area (Å²) in [5, 5.41) is 8.05. The number of carbonyl (C=O) groups excluding carboxylic acids is 1. The number of hydrogen-bond donors (Lipinski definition) is 1. The molecule has 0 radical (unpaired) electrons. The number of benzene rings is 1. The van der Waals surface area contributed by atoms with E-state index in [1.165, 1.54) is 12.1 Å². The minimum absolute atomic E-state index is 0.0158. The number of aromatic nitrogens is 3. The lowest BCUT2D eigenvalue weighted by atomic mass is 10.0. The highest BCUT2D eigenvalue weighted by molar-refractivity contribution is 7.91. The summed E-state index contributed by atoms with van der Waals surface area (Å²) < 4.78 is 44.3. The van der Waals surface area contributed by atoms with E-state index in [1.807, 2.05) is 6.92 Å². The molecule has 8 nitrogen and oxygen atoms in total. The number of sulfone groups is 1. The summed E-state index contributed by atoms with van der Waals surface area (Å²) in [5.41, 5.74) is 2.52. The highest BCUT2D eigenvalue weighted by Gasteiger charge is 2.32. The van der Waals surface area contributed by atoms with Gasteiger partial charge in [0.05, 0.1) is 46.5 Å². The van der Waals surface area contributed by atoms with E-state index in [0.29, 0.717) is 46.6 Å². The summed E-state index contributed by atoms with van der Waals surface area (Å²) >= 11 is 0. The zero-order valence-electron chi connectivity index (χ0n) is 18.1. The molecule has 32 heavy (non-hydrogen) atoms. The minimum Gasteiger partial charge on any atom is -0.383 e. The highest BCUT2D eigenvalue weighted by Crippen LogP contribution is 2.32. The zero-order chi connectivity index (χ0) is 23.0. The molecule has 0 spiro atoms. The summed E-state index contributed by atoms with van der Waals surface area (Å²) in [7, 11) is -1.58. The molecular formula is C22H25FN4O4S. The second-order valence-electron chi connectivity index (χ2n) is 8.18. The van der Waals surface area contributed by atoms with E-state index in [2.05, 4.69) is 10.4 Å². The number of pyridine rings is 1. The first-order chi connectivity index (χ1) is 15.2. The summed E-state index contributed by atoms with van der Waals surface area (Å²) in [6.07, 6.45) is 0.438. The number of nitrogens with zero attached hydrogens (tertiary/aromatic N) is 3. The Morgan fingerprint density at radius 1 is 1.34 bits per heavy atom. The smallest absolute Gasteiger partial charge is 0.252 e. The summed E-state index contributed by atoms with van der Waals surface area (Å²) in [6, 6.07) is 6.92. The third-order valence-corrected chi connectivity index (χ3v) is 7.32. The first-order valence-electron chi connectivity index (χ1n) is 10.3. The summed E-state index contributed by atoms with van der Waals surface area (Å²) in [5.74, 6) is -0.611. The number of halogens is 1. The highest BCUT2D eigenvalue weighted by atomic mass is 32.2. The third-order valence-electron chi connectivity index (χ3n) is 5.57. The fraction of sp³-hybridized carbons (Fsp3) is 0.409. The Labute approximate surface area is 185 Å². The Hall–Kier alpha value is -2.85. The number of rotatable bonds is 6. The van der Waals surface area contributed by atoms with E-state index in [9.17, 15) is 17.6 Å². The molecule has 1 saturated heterocycles. The van der Waals surface area contributed by atoms with Gasteiger partial charge in [0, 0.05) is 18.7 Å². The molecule has 170 valence electrons. The Balaban J connectivity index is 1.88. The second kappa shape index (κ2) is 8.59. The van der Waals surface area contributed by atoms with Gasteiger partial charge in [0.1, 0.15) is 5.82 Å². The Morgan fingerprint density at radius 3 is 2.69 bits per heavy atom. The number of aryl methyl sites for hydroxylation is 1. The van der Waals surface area contributed by atoms with E-state index in [1.54, 1.807) is 36.9 Å². The van der Waals surface area contributed by atoms with E-state index < -0.39 is 9.84 Å². The van der Waals surface area contributed by atoms with Gasteiger partial charge in [-0.1, -0.05) is 0 Å². The predicted molar refractivity (Wildman–Crippen MR) is 119 cm³/mol. The Morgan fingerprint density at radius 2 is 2.06 bits per heavy atom. The molecule has 1 fully saturated rings. The second-order valence-corrected chi connectivity index (χ2v) is 10.4. The van der Waals surface area contributed by atoms with Crippen molar-refractivity contribution >= 4 is 26.8 Å². The molecule has 0 unspecified atom stereocenters. The van der Waals surface area contributed by atoms with Crippen LogP contribution in [0.15, 0.2) is 30.3 Å². The van der Waals surface area contributed by atoms with Crippen LogP contribution in [0.1, 0.15) is 35.4 Å². The average Bonchev–Trinajstić information content (AvgIpc) is 3.27. The van der Waals surface area contributed by atoms with Crippen LogP contribution in [0.25, 0.3) is 22.3 Å². The maximum atomic E-state index is 13.5. The third kappa shape index (κ3) is 4.37. The lowest BCUT2D eigenvalue weighted by Gasteiger charge is -2.15. The quantitative estimate of drug-likeness (QED) is 0.607. The summed E-state index contributed by atoms with van der Waals surface area (Å²) in [6.45, 7) is 3.96. The lowest BCUT2D eigenvalue weighted by Crippen LogP contribution is -2.35. The van der Waals surface area contributed by atoms with Gasteiger partial charge in [0.2, 0.25) is 0 Å². The molecule has 10 heteroatoms. The average molecular weight is 461 g/mol. The molecule has 1 aliphatic heterocycles. The van der Waals surface area contributed by atoms with Crippen LogP contribution < -0.4 is 5.32 Å². The van der Waals surface area contributed by atoms with Crippen molar-refractivity contribution < 1.29 is 22.3 Å². The van der Waals surface area contributed by atoms with Crippen LogP contribution in [0.5, 0.6) is 0 Å². The number of carbonyl (C=O) groups is 1. The van der Waals surface area contributed by atoms with Gasteiger partial charge in [-0.25, -0.2) is 22.5 Å². The van der Waals surface area contributed by atoms with E-state index in [0.717, 1.165) is 0 Å². The fourth-order valence-corrected chi connectivity index (χ4v) is 5.77. The lowest BCUT2D eigenvalue weighted by molar-refractivity contribution is 0.0907. The molecule has 0 bridgehead atoms. The van der Waals surface area contributed by atoms with Crippen molar-refractivity contribution in [1.29, 1.82) is 0 Å². The van der Waals surface area contributed by atoms with Crippen LogP contribution in [0, 0.1) is 12.7 Å². The van der Waals surface area contributed by atoms with Crippen molar-refractivity contribution in [1.82, 2.24) is 20.1 Å². The molecule has 2 aromatic heterocycles. The van der Waals surface area contributed by atoms with Gasteiger partial charge in [-0.2, -0.15) is 5.10 Å². The predicted octanol–water partition coefficient (Wildman–Crippen LogP) is 2.67. The SMILES string of the molecule is COC[C@@H](C)NC(=O)c1cc(-c2ccc(F)cc2)nc2c1c(C)nn2[C@@H]1CCS(=O)(=O)C1. The Kier molecular flexibility index (Phi) is 6.00. The van der Waals surface area contributed by atoms with Crippen molar-refractivity contribution in [2.24, 2.45) is 0 Å². The number of fused-ring (bicyclic) bond motifs is 1. The van der Waals surface area contributed by atoms with Crippen molar-refractivity contribution in [2.45, 2.75) is 32.4 Å². The minimum atomic E-state index is -3.14. The molecule has 0 aliphatic carbocycles. The largest absolute Gasteiger partial charge is 0.383 e. The van der Waals surface area contributed by atoms with Crippen LogP contribution in [0.4, 0.5) is 4.39 Å². The molecule has 2 atom stereocenters. The van der Waals surface area contributed by atoms with Crippen LogP contribution in [0.3, 0.4) is 0 Å². The first-order valence-corrected chi connectivity index (χ1v) is 12.2. The summed E-state index contributed by atoms with van der Waals surface area (Å²) in [4.78, 5) is 17.9. The van der Waals surface area contributed by atoms with Crippen LogP contribution in [0.2, 0.25) is 0 Å². The number of methoxy groups -OCH3 is 1. The normalized spacial score (nSPS) is 18.7. The molecule has 3 heterocycles. The van der Waals surface area contributed by atoms with Gasteiger partial charge in [-0.05, 0) is 50.6 Å². The van der Waals surface area contributed by atoms with Gasteiger partial charge in [0.25, 0.3) is 5.91 Å². The fourth-order valence-electron chi connectivity index (χ4n) is 4.08. The molecule has 1 amide bonds. The van der Waals surface area contributed by atoms with Crippen LogP contribution in [-0.4, -0.2) is 60.4 Å². The monoisotopic (exact) mass is 460 g/mol. The number of ether oxygens (including phenoxy) is 1. The Bertz CT molecular complexity index is 1270. The number of amides is 1.